The number of amides is 1. The monoisotopic (exact) mass is 334 g/mol. The summed E-state index contributed by atoms with van der Waals surface area (Å²) in [6, 6.07) is 5.47. The lowest BCUT2D eigenvalue weighted by Gasteiger charge is -2.09. The number of carbonyl (C=O) groups is 1. The maximum atomic E-state index is 12.5. The van der Waals surface area contributed by atoms with E-state index >= 15 is 0 Å². The summed E-state index contributed by atoms with van der Waals surface area (Å²) >= 11 is 2.78. The summed E-state index contributed by atoms with van der Waals surface area (Å²) in [5.74, 6) is -0.244. The van der Waals surface area contributed by atoms with Crippen molar-refractivity contribution in [2.45, 2.75) is 39.3 Å². The fourth-order valence-electron chi connectivity index (χ4n) is 1.90. The van der Waals surface area contributed by atoms with Crippen LogP contribution in [0.3, 0.4) is 0 Å². The normalized spacial score (nSPS) is 12.0. The molecule has 0 aliphatic rings. The summed E-state index contributed by atoms with van der Waals surface area (Å²) < 4.78 is 0. The van der Waals surface area contributed by atoms with Gasteiger partial charge in [0.2, 0.25) is 0 Å². The van der Waals surface area contributed by atoms with E-state index in [9.17, 15) is 10.1 Å². The molecule has 0 aromatic carbocycles. The highest BCUT2D eigenvalue weighted by Crippen LogP contribution is 2.26. The molecule has 0 saturated carbocycles. The van der Waals surface area contributed by atoms with Crippen molar-refractivity contribution in [1.82, 2.24) is 10.3 Å². The molecule has 0 saturated heterocycles. The predicted molar refractivity (Wildman–Crippen MR) is 90.4 cm³/mol. The van der Waals surface area contributed by atoms with E-state index in [1.54, 1.807) is 0 Å². The first kappa shape index (κ1) is 16.5. The number of carbonyl (C=O) groups excluding carboxylic acids is 1. The largest absolute Gasteiger partial charge is 0.359 e. The van der Waals surface area contributed by atoms with Crippen LogP contribution in [0, 0.1) is 11.3 Å². The van der Waals surface area contributed by atoms with E-state index in [1.165, 1.54) is 22.7 Å². The van der Waals surface area contributed by atoms with Crippen molar-refractivity contribution in [1.29, 1.82) is 5.26 Å². The maximum absolute atomic E-state index is 12.5. The second-order valence-corrected chi connectivity index (χ2v) is 6.98. The van der Waals surface area contributed by atoms with E-state index in [4.69, 9.17) is 0 Å². The van der Waals surface area contributed by atoms with Crippen LogP contribution < -0.4 is 10.6 Å². The van der Waals surface area contributed by atoms with E-state index in [-0.39, 0.29) is 11.9 Å². The predicted octanol–water partition coefficient (Wildman–Crippen LogP) is 3.58. The number of nitriles is 1. The first-order valence-corrected chi connectivity index (χ1v) is 8.74. The van der Waals surface area contributed by atoms with Gasteiger partial charge >= 0.3 is 0 Å². The molecule has 116 valence electrons. The number of nitrogens with zero attached hydrogens (tertiary/aromatic N) is 2. The smallest absolute Gasteiger partial charge is 0.264 e. The lowest BCUT2D eigenvalue weighted by molar-refractivity contribution is 0.0948. The first-order chi connectivity index (χ1) is 10.5. The van der Waals surface area contributed by atoms with Crippen LogP contribution in [0.2, 0.25) is 0 Å². The van der Waals surface area contributed by atoms with Gasteiger partial charge in [0, 0.05) is 10.9 Å². The molecule has 1 unspecified atom stereocenters. The Morgan fingerprint density at radius 1 is 1.50 bits per heavy atom. The Morgan fingerprint density at radius 3 is 2.82 bits per heavy atom. The fourth-order valence-corrected chi connectivity index (χ4v) is 3.72. The van der Waals surface area contributed by atoms with Crippen LogP contribution in [-0.4, -0.2) is 16.9 Å². The number of hydrogen-bond acceptors (Lipinski definition) is 6. The molecule has 2 heterocycles. The third-order valence-corrected chi connectivity index (χ3v) is 4.85. The van der Waals surface area contributed by atoms with E-state index in [0.29, 0.717) is 11.3 Å². The van der Waals surface area contributed by atoms with Crippen LogP contribution in [0.4, 0.5) is 5.13 Å². The molecule has 2 N–H and O–H groups in total. The molecule has 0 bridgehead atoms. The Morgan fingerprint density at radius 2 is 2.27 bits per heavy atom. The highest BCUT2D eigenvalue weighted by Gasteiger charge is 2.21. The van der Waals surface area contributed by atoms with Crippen LogP contribution in [0.25, 0.3) is 0 Å². The maximum Gasteiger partial charge on any atom is 0.264 e. The van der Waals surface area contributed by atoms with Crippen LogP contribution in [0.15, 0.2) is 17.5 Å². The van der Waals surface area contributed by atoms with Crippen LogP contribution >= 0.6 is 22.7 Å². The molecule has 0 spiro atoms. The summed E-state index contributed by atoms with van der Waals surface area (Å²) in [6.45, 7) is 6.01. The summed E-state index contributed by atoms with van der Waals surface area (Å²) in [5, 5.41) is 17.9. The van der Waals surface area contributed by atoms with Gasteiger partial charge in [0.15, 0.2) is 11.2 Å². The molecule has 0 fully saturated rings. The number of hydrogen-bond donors (Lipinski definition) is 2. The third-order valence-electron chi connectivity index (χ3n) is 2.88. The molecule has 5 nitrogen and oxygen atoms in total. The number of nitrogens with one attached hydrogen (secondary N) is 2. The Kier molecular flexibility index (Phi) is 5.52. The van der Waals surface area contributed by atoms with E-state index in [1.807, 2.05) is 38.3 Å². The third kappa shape index (κ3) is 3.84. The van der Waals surface area contributed by atoms with Crippen LogP contribution in [-0.2, 0) is 6.42 Å². The molecular formula is C15H18N4OS2. The highest BCUT2D eigenvalue weighted by molar-refractivity contribution is 7.17. The molecule has 0 aliphatic heterocycles. The van der Waals surface area contributed by atoms with Gasteiger partial charge in [-0.05, 0) is 31.7 Å². The van der Waals surface area contributed by atoms with Gasteiger partial charge in [-0.25, -0.2) is 4.98 Å². The Hall–Kier alpha value is -1.91. The van der Waals surface area contributed by atoms with Gasteiger partial charge in [0.05, 0.1) is 11.8 Å². The number of thiazole rings is 1. The van der Waals surface area contributed by atoms with E-state index < -0.39 is 6.04 Å². The minimum Gasteiger partial charge on any atom is -0.359 e. The summed E-state index contributed by atoms with van der Waals surface area (Å²) in [5.41, 5.74) is 0.758. The van der Waals surface area contributed by atoms with Crippen molar-refractivity contribution in [3.8, 4) is 6.07 Å². The Balaban J connectivity index is 2.18. The number of aromatic nitrogens is 1. The van der Waals surface area contributed by atoms with Gasteiger partial charge in [-0.1, -0.05) is 24.3 Å². The van der Waals surface area contributed by atoms with Crippen molar-refractivity contribution in [2.75, 3.05) is 5.32 Å². The van der Waals surface area contributed by atoms with Gasteiger partial charge in [0.25, 0.3) is 5.91 Å². The minimum atomic E-state index is -0.624. The molecule has 7 heteroatoms. The van der Waals surface area contributed by atoms with Crippen LogP contribution in [0.1, 0.15) is 47.1 Å². The zero-order valence-corrected chi connectivity index (χ0v) is 14.3. The quantitative estimate of drug-likeness (QED) is 0.846. The number of thiophene rings is 1. The molecule has 22 heavy (non-hydrogen) atoms. The zero-order valence-electron chi connectivity index (χ0n) is 12.7. The standard InChI is InChI=1S/C15H18N4OS2/c1-4-10-13(22-15(19-10)17-9(2)3)14(20)18-11(8-16)12-6-5-7-21-12/h5-7,9,11H,4H2,1-3H3,(H,17,19)(H,18,20). The second kappa shape index (κ2) is 7.38. The van der Waals surface area contributed by atoms with Gasteiger partial charge in [0.1, 0.15) is 4.88 Å². The highest BCUT2D eigenvalue weighted by atomic mass is 32.1. The first-order valence-electron chi connectivity index (χ1n) is 7.05. The van der Waals surface area contributed by atoms with Gasteiger partial charge in [-0.2, -0.15) is 5.26 Å². The number of rotatable bonds is 6. The average molecular weight is 334 g/mol. The van der Waals surface area contributed by atoms with E-state index in [0.717, 1.165) is 15.7 Å². The lowest BCUT2D eigenvalue weighted by Crippen LogP contribution is -2.27. The number of aryl methyl sites for hydroxylation is 1. The molecular weight excluding hydrogens is 316 g/mol. The lowest BCUT2D eigenvalue weighted by atomic mass is 10.2. The van der Waals surface area contributed by atoms with Crippen molar-refractivity contribution in [2.24, 2.45) is 0 Å². The molecule has 1 amide bonds. The number of anilines is 1. The van der Waals surface area contributed by atoms with Crippen LogP contribution in [0.5, 0.6) is 0 Å². The van der Waals surface area contributed by atoms with Gasteiger partial charge in [-0.3, -0.25) is 4.79 Å². The van der Waals surface area contributed by atoms with E-state index in [2.05, 4.69) is 21.7 Å². The average Bonchev–Trinajstić information content (AvgIpc) is 3.12. The molecule has 2 aromatic rings. The fraction of sp³-hybridized carbons (Fsp3) is 0.400. The van der Waals surface area contributed by atoms with Gasteiger partial charge < -0.3 is 10.6 Å². The molecule has 0 radical (unpaired) electrons. The minimum absolute atomic E-state index is 0.244. The van der Waals surface area contributed by atoms with Crippen molar-refractivity contribution in [3.05, 3.63) is 33.0 Å². The van der Waals surface area contributed by atoms with Crippen molar-refractivity contribution >= 4 is 33.7 Å². The molecule has 2 rings (SSSR count). The zero-order chi connectivity index (χ0) is 16.1. The Bertz CT molecular complexity index is 670. The SMILES string of the molecule is CCc1nc(NC(C)C)sc1C(=O)NC(C#N)c1cccs1. The van der Waals surface area contributed by atoms with Crippen molar-refractivity contribution in [3.63, 3.8) is 0 Å². The van der Waals surface area contributed by atoms with Crippen molar-refractivity contribution < 1.29 is 4.79 Å². The summed E-state index contributed by atoms with van der Waals surface area (Å²) in [6.07, 6.45) is 0.676. The topological polar surface area (TPSA) is 77.8 Å². The second-order valence-electron chi connectivity index (χ2n) is 5.00. The Labute approximate surface area is 138 Å². The molecule has 1 atom stereocenters. The molecule has 0 aliphatic carbocycles. The molecule has 2 aromatic heterocycles. The van der Waals surface area contributed by atoms with Gasteiger partial charge in [-0.15, -0.1) is 11.3 Å². The summed E-state index contributed by atoms with van der Waals surface area (Å²) in [4.78, 5) is 18.3. The summed E-state index contributed by atoms with van der Waals surface area (Å²) in [7, 11) is 0.